The maximum Gasteiger partial charge on any atom is 0.245 e. The number of para-hydroxylation sites is 1. The molecule has 30 heavy (non-hydrogen) atoms. The van der Waals surface area contributed by atoms with Crippen molar-refractivity contribution in [2.45, 2.75) is 18.5 Å². The van der Waals surface area contributed by atoms with Crippen molar-refractivity contribution in [3.63, 3.8) is 0 Å². The molecule has 2 unspecified atom stereocenters. The number of fused-ring (bicyclic) bond motifs is 4. The zero-order chi connectivity index (χ0) is 21.0. The Labute approximate surface area is 174 Å². The molecule has 5 rings (SSSR count). The summed E-state index contributed by atoms with van der Waals surface area (Å²) in [4.78, 5) is 33.0. The maximum atomic E-state index is 13.2. The fraction of sp³-hybridized carbons (Fsp3) is 0.304. The molecule has 1 saturated heterocycles. The van der Waals surface area contributed by atoms with E-state index in [1.165, 1.54) is 4.90 Å². The Morgan fingerprint density at radius 1 is 1.07 bits per heavy atom. The molecule has 2 aliphatic heterocycles. The predicted octanol–water partition coefficient (Wildman–Crippen LogP) is 2.50. The average Bonchev–Trinajstić information content (AvgIpc) is 3.14. The van der Waals surface area contributed by atoms with E-state index < -0.39 is 12.1 Å². The van der Waals surface area contributed by atoms with Gasteiger partial charge in [0, 0.05) is 41.7 Å². The summed E-state index contributed by atoms with van der Waals surface area (Å²) in [6.07, 6.45) is 0.489. The molecule has 1 fully saturated rings. The molecule has 7 nitrogen and oxygen atoms in total. The Kier molecular flexibility index (Phi) is 4.20. The highest BCUT2D eigenvalue weighted by Crippen LogP contribution is 2.45. The van der Waals surface area contributed by atoms with Crippen molar-refractivity contribution in [2.24, 2.45) is 0 Å². The predicted molar refractivity (Wildman–Crippen MR) is 112 cm³/mol. The second-order valence-electron chi connectivity index (χ2n) is 7.79. The van der Waals surface area contributed by atoms with Gasteiger partial charge in [0.2, 0.25) is 11.8 Å². The van der Waals surface area contributed by atoms with E-state index in [4.69, 9.17) is 9.47 Å². The SMILES string of the molecule is COc1ccc(C2c3[nH]c4ccccc4c3CC3C(=O)N(C)CC(=O)N32)c(OC)c1. The van der Waals surface area contributed by atoms with Crippen LogP contribution in [-0.2, 0) is 16.0 Å². The standard InChI is InChI=1S/C23H23N3O4/c1-25-12-20(27)26-18(23(25)28)11-16-14-6-4-5-7-17(14)24-21(16)22(26)15-9-8-13(29-2)10-19(15)30-3/h4-10,18,22,24H,11-12H2,1-3H3. The monoisotopic (exact) mass is 405 g/mol. The van der Waals surface area contributed by atoms with Gasteiger partial charge in [-0.15, -0.1) is 0 Å². The second kappa shape index (κ2) is 6.79. The molecule has 2 aromatic carbocycles. The molecule has 3 heterocycles. The molecule has 0 spiro atoms. The number of aromatic nitrogens is 1. The number of aromatic amines is 1. The largest absolute Gasteiger partial charge is 0.497 e. The second-order valence-corrected chi connectivity index (χ2v) is 7.79. The first kappa shape index (κ1) is 18.5. The zero-order valence-electron chi connectivity index (χ0n) is 17.1. The van der Waals surface area contributed by atoms with Gasteiger partial charge in [0.15, 0.2) is 0 Å². The minimum Gasteiger partial charge on any atom is -0.497 e. The van der Waals surface area contributed by atoms with Crippen LogP contribution in [0.5, 0.6) is 11.5 Å². The topological polar surface area (TPSA) is 74.9 Å². The molecule has 0 bridgehead atoms. The molecule has 1 N–H and O–H groups in total. The normalized spacial score (nSPS) is 20.9. The minimum absolute atomic E-state index is 0.0389. The average molecular weight is 405 g/mol. The van der Waals surface area contributed by atoms with Crippen molar-refractivity contribution in [1.29, 1.82) is 0 Å². The highest BCUT2D eigenvalue weighted by Gasteiger charge is 2.48. The van der Waals surface area contributed by atoms with E-state index >= 15 is 0 Å². The van der Waals surface area contributed by atoms with Crippen molar-refractivity contribution >= 4 is 22.7 Å². The highest BCUT2D eigenvalue weighted by molar-refractivity contribution is 5.97. The van der Waals surface area contributed by atoms with Crippen LogP contribution in [0.3, 0.4) is 0 Å². The number of methoxy groups -OCH3 is 2. The van der Waals surface area contributed by atoms with Gasteiger partial charge < -0.3 is 24.3 Å². The number of hydrogen-bond acceptors (Lipinski definition) is 4. The summed E-state index contributed by atoms with van der Waals surface area (Å²) in [7, 11) is 4.89. The number of amides is 2. The third kappa shape index (κ3) is 2.58. The third-order valence-corrected chi connectivity index (χ3v) is 6.19. The van der Waals surface area contributed by atoms with Gasteiger partial charge in [0.25, 0.3) is 0 Å². The summed E-state index contributed by atoms with van der Waals surface area (Å²) in [6.45, 7) is 0.0693. The van der Waals surface area contributed by atoms with Crippen molar-refractivity contribution < 1.29 is 19.1 Å². The Morgan fingerprint density at radius 3 is 2.63 bits per heavy atom. The van der Waals surface area contributed by atoms with Crippen molar-refractivity contribution in [3.8, 4) is 11.5 Å². The lowest BCUT2D eigenvalue weighted by Gasteiger charge is -2.46. The van der Waals surface area contributed by atoms with Crippen LogP contribution in [0.15, 0.2) is 42.5 Å². The molecular formula is C23H23N3O4. The third-order valence-electron chi connectivity index (χ3n) is 6.19. The fourth-order valence-corrected chi connectivity index (χ4v) is 4.78. The van der Waals surface area contributed by atoms with Gasteiger partial charge in [-0.1, -0.05) is 18.2 Å². The van der Waals surface area contributed by atoms with Crippen LogP contribution in [0.2, 0.25) is 0 Å². The molecule has 2 amide bonds. The number of hydrogen-bond donors (Lipinski definition) is 1. The molecule has 7 heteroatoms. The molecule has 154 valence electrons. The maximum absolute atomic E-state index is 13.2. The van der Waals surface area contributed by atoms with Crippen molar-refractivity contribution in [3.05, 3.63) is 59.3 Å². The lowest BCUT2D eigenvalue weighted by atomic mass is 9.86. The number of likely N-dealkylation sites (N-methyl/N-ethyl adjacent to an activating group) is 1. The van der Waals surface area contributed by atoms with Gasteiger partial charge >= 0.3 is 0 Å². The van der Waals surface area contributed by atoms with E-state index in [2.05, 4.69) is 11.1 Å². The van der Waals surface area contributed by atoms with E-state index in [1.807, 2.05) is 36.4 Å². The summed E-state index contributed by atoms with van der Waals surface area (Å²) in [5.74, 6) is 1.17. The quantitative estimate of drug-likeness (QED) is 0.727. The number of carbonyl (C=O) groups excluding carboxylic acids is 2. The number of carbonyl (C=O) groups is 2. The number of ether oxygens (including phenoxy) is 2. The Bertz CT molecular complexity index is 1170. The number of H-pyrrole nitrogens is 1. The van der Waals surface area contributed by atoms with Crippen LogP contribution in [0.1, 0.15) is 22.9 Å². The number of rotatable bonds is 3. The van der Waals surface area contributed by atoms with E-state index in [9.17, 15) is 9.59 Å². The fourth-order valence-electron chi connectivity index (χ4n) is 4.78. The summed E-state index contributed by atoms with van der Waals surface area (Å²) in [6, 6.07) is 12.6. The summed E-state index contributed by atoms with van der Waals surface area (Å²) >= 11 is 0. The van der Waals surface area contributed by atoms with E-state index in [-0.39, 0.29) is 18.4 Å². The minimum atomic E-state index is -0.542. The summed E-state index contributed by atoms with van der Waals surface area (Å²) in [5.41, 5.74) is 3.82. The van der Waals surface area contributed by atoms with Gasteiger partial charge in [-0.25, -0.2) is 0 Å². The van der Waals surface area contributed by atoms with E-state index in [1.54, 1.807) is 26.2 Å². The van der Waals surface area contributed by atoms with E-state index in [0.29, 0.717) is 17.9 Å². The number of nitrogens with zero attached hydrogens (tertiary/aromatic N) is 2. The first-order valence-electron chi connectivity index (χ1n) is 9.91. The number of piperazine rings is 1. The van der Waals surface area contributed by atoms with Gasteiger partial charge in [-0.3, -0.25) is 9.59 Å². The van der Waals surface area contributed by atoms with Crippen LogP contribution in [0.4, 0.5) is 0 Å². The lowest BCUT2D eigenvalue weighted by molar-refractivity contribution is -0.157. The summed E-state index contributed by atoms with van der Waals surface area (Å²) in [5, 5.41) is 1.08. The van der Waals surface area contributed by atoms with Crippen LogP contribution in [-0.4, -0.2) is 60.5 Å². The molecule has 2 atom stereocenters. The molecule has 0 aliphatic carbocycles. The number of benzene rings is 2. The van der Waals surface area contributed by atoms with Crippen molar-refractivity contribution in [1.82, 2.24) is 14.8 Å². The van der Waals surface area contributed by atoms with Gasteiger partial charge in [0.05, 0.1) is 20.8 Å². The van der Waals surface area contributed by atoms with E-state index in [0.717, 1.165) is 27.7 Å². The van der Waals surface area contributed by atoms with Crippen molar-refractivity contribution in [2.75, 3.05) is 27.8 Å². The van der Waals surface area contributed by atoms with Crippen LogP contribution in [0.25, 0.3) is 10.9 Å². The van der Waals surface area contributed by atoms with Crippen LogP contribution in [0, 0.1) is 0 Å². The molecule has 0 radical (unpaired) electrons. The Hall–Kier alpha value is -3.48. The van der Waals surface area contributed by atoms with Gasteiger partial charge in [0.1, 0.15) is 23.6 Å². The Morgan fingerprint density at radius 2 is 1.87 bits per heavy atom. The summed E-state index contributed by atoms with van der Waals surface area (Å²) < 4.78 is 11.0. The lowest BCUT2D eigenvalue weighted by Crippen LogP contribution is -2.62. The van der Waals surface area contributed by atoms with Gasteiger partial charge in [-0.2, -0.15) is 0 Å². The number of nitrogens with one attached hydrogen (secondary N) is 1. The zero-order valence-corrected chi connectivity index (χ0v) is 17.1. The molecule has 3 aromatic rings. The first-order chi connectivity index (χ1) is 14.5. The Balaban J connectivity index is 1.77. The van der Waals surface area contributed by atoms with Crippen LogP contribution < -0.4 is 9.47 Å². The highest BCUT2D eigenvalue weighted by atomic mass is 16.5. The van der Waals surface area contributed by atoms with Gasteiger partial charge in [-0.05, 0) is 23.8 Å². The molecule has 1 aromatic heterocycles. The molecule has 0 saturated carbocycles. The van der Waals surface area contributed by atoms with Crippen LogP contribution >= 0.6 is 0 Å². The molecule has 2 aliphatic rings. The first-order valence-corrected chi connectivity index (χ1v) is 9.91. The smallest absolute Gasteiger partial charge is 0.245 e. The molecular weight excluding hydrogens is 382 g/mol.